The van der Waals surface area contributed by atoms with Crippen molar-refractivity contribution >= 4 is 23.3 Å². The van der Waals surface area contributed by atoms with Crippen LogP contribution in [0.3, 0.4) is 0 Å². The fourth-order valence-corrected chi connectivity index (χ4v) is 3.72. The van der Waals surface area contributed by atoms with Crippen LogP contribution >= 0.6 is 11.3 Å². The number of aromatic nitrogens is 1. The van der Waals surface area contributed by atoms with Gasteiger partial charge in [0.15, 0.2) is 0 Å². The molecule has 0 saturated carbocycles. The Morgan fingerprint density at radius 3 is 2.69 bits per heavy atom. The number of halogens is 2. The predicted octanol–water partition coefficient (Wildman–Crippen LogP) is 3.97. The van der Waals surface area contributed by atoms with Crippen LogP contribution in [0.15, 0.2) is 52.5 Å². The number of hydrogen-bond donors (Lipinski definition) is 1. The second-order valence-corrected chi connectivity index (χ2v) is 7.42. The van der Waals surface area contributed by atoms with Gasteiger partial charge < -0.3 is 14.5 Å². The van der Waals surface area contributed by atoms with Crippen LogP contribution in [0.1, 0.15) is 18.2 Å². The third kappa shape index (κ3) is 3.58. The van der Waals surface area contributed by atoms with E-state index in [0.717, 1.165) is 9.78 Å². The molecule has 2 aromatic heterocycles. The lowest BCUT2D eigenvalue weighted by atomic mass is 9.92. The summed E-state index contributed by atoms with van der Waals surface area (Å²) in [5.74, 6) is -0.102. The number of imide groups is 1. The van der Waals surface area contributed by atoms with Crippen molar-refractivity contribution in [2.24, 2.45) is 0 Å². The molecule has 1 aliphatic heterocycles. The molecule has 0 radical (unpaired) electrons. The van der Waals surface area contributed by atoms with E-state index in [2.05, 4.69) is 15.0 Å². The minimum Gasteiger partial charge on any atom is -0.443 e. The Kier molecular flexibility index (Phi) is 4.79. The molecule has 1 atom stereocenters. The molecular formula is C19H15F2N3O4S. The third-order valence-electron chi connectivity index (χ3n) is 4.54. The molecule has 1 aliphatic rings. The summed E-state index contributed by atoms with van der Waals surface area (Å²) in [6.07, 6.45) is 1.40. The topological polar surface area (TPSA) is 84.7 Å². The predicted molar refractivity (Wildman–Crippen MR) is 99.3 cm³/mol. The van der Waals surface area contributed by atoms with Crippen LogP contribution in [0.4, 0.5) is 13.6 Å². The quantitative estimate of drug-likeness (QED) is 0.611. The number of thiophene rings is 1. The summed E-state index contributed by atoms with van der Waals surface area (Å²) in [7, 11) is 0. The van der Waals surface area contributed by atoms with Gasteiger partial charge in [0.2, 0.25) is 5.89 Å². The van der Waals surface area contributed by atoms with E-state index in [1.165, 1.54) is 41.9 Å². The van der Waals surface area contributed by atoms with Gasteiger partial charge in [-0.1, -0.05) is 18.2 Å². The molecule has 1 saturated heterocycles. The standard InChI is InChI=1S/C19H15F2N3O4S/c1-19(11-4-6-13(7-5-11)28-17(20)21)16(25)24(18(26)23-19)9-12-10-27-15(22-12)14-3-2-8-29-14/h2-8,10,17H,9H2,1H3,(H,23,26). The number of carbonyl (C=O) groups excluding carboxylic acids is 2. The molecule has 29 heavy (non-hydrogen) atoms. The second kappa shape index (κ2) is 7.28. The van der Waals surface area contributed by atoms with Crippen molar-refractivity contribution < 1.29 is 27.5 Å². The van der Waals surface area contributed by atoms with E-state index in [1.54, 1.807) is 6.92 Å². The summed E-state index contributed by atoms with van der Waals surface area (Å²) >= 11 is 1.46. The first-order valence-electron chi connectivity index (χ1n) is 8.54. The summed E-state index contributed by atoms with van der Waals surface area (Å²) in [5, 5.41) is 4.54. The SMILES string of the molecule is CC1(c2ccc(OC(F)F)cc2)NC(=O)N(Cc2coc(-c3cccs3)n2)C1=O. The molecular weight excluding hydrogens is 404 g/mol. The average molecular weight is 419 g/mol. The minimum atomic E-state index is -2.94. The number of benzene rings is 1. The zero-order chi connectivity index (χ0) is 20.6. The summed E-state index contributed by atoms with van der Waals surface area (Å²) in [6.45, 7) is -1.45. The van der Waals surface area contributed by atoms with E-state index < -0.39 is 24.1 Å². The molecule has 0 bridgehead atoms. The van der Waals surface area contributed by atoms with Crippen LogP contribution in [0.2, 0.25) is 0 Å². The molecule has 0 aliphatic carbocycles. The Morgan fingerprint density at radius 1 is 1.28 bits per heavy atom. The maximum Gasteiger partial charge on any atom is 0.387 e. The van der Waals surface area contributed by atoms with Crippen molar-refractivity contribution in [3.63, 3.8) is 0 Å². The Hall–Kier alpha value is -3.27. The second-order valence-electron chi connectivity index (χ2n) is 6.47. The average Bonchev–Trinajstić information content (AvgIpc) is 3.40. The number of alkyl halides is 2. The zero-order valence-corrected chi connectivity index (χ0v) is 15.9. The highest BCUT2D eigenvalue weighted by atomic mass is 32.1. The van der Waals surface area contributed by atoms with Crippen LogP contribution in [-0.2, 0) is 16.9 Å². The van der Waals surface area contributed by atoms with Crippen molar-refractivity contribution in [3.8, 4) is 16.5 Å². The Morgan fingerprint density at radius 2 is 2.03 bits per heavy atom. The van der Waals surface area contributed by atoms with Gasteiger partial charge in [-0.25, -0.2) is 9.78 Å². The van der Waals surface area contributed by atoms with Gasteiger partial charge in [-0.3, -0.25) is 9.69 Å². The van der Waals surface area contributed by atoms with Crippen molar-refractivity contribution in [3.05, 3.63) is 59.3 Å². The maximum atomic E-state index is 13.0. The van der Waals surface area contributed by atoms with Crippen molar-refractivity contribution in [1.82, 2.24) is 15.2 Å². The highest BCUT2D eigenvalue weighted by molar-refractivity contribution is 7.13. The lowest BCUT2D eigenvalue weighted by Gasteiger charge is -2.22. The number of urea groups is 1. The fraction of sp³-hybridized carbons (Fsp3) is 0.211. The van der Waals surface area contributed by atoms with Crippen molar-refractivity contribution in [2.75, 3.05) is 0 Å². The normalized spacial score (nSPS) is 19.1. The lowest BCUT2D eigenvalue weighted by Crippen LogP contribution is -2.40. The van der Waals surface area contributed by atoms with Crippen molar-refractivity contribution in [2.45, 2.75) is 25.6 Å². The smallest absolute Gasteiger partial charge is 0.387 e. The molecule has 3 heterocycles. The van der Waals surface area contributed by atoms with Gasteiger partial charge >= 0.3 is 12.6 Å². The molecule has 0 spiro atoms. The van der Waals surface area contributed by atoms with Gasteiger partial charge in [0, 0.05) is 0 Å². The van der Waals surface area contributed by atoms with E-state index in [9.17, 15) is 18.4 Å². The lowest BCUT2D eigenvalue weighted by molar-refractivity contribution is -0.131. The molecule has 3 aromatic rings. The molecule has 150 valence electrons. The summed E-state index contributed by atoms with van der Waals surface area (Å²) in [5.41, 5.74) is -0.456. The third-order valence-corrected chi connectivity index (χ3v) is 5.39. The Bertz CT molecular complexity index is 1040. The van der Waals surface area contributed by atoms with Gasteiger partial charge in [0.05, 0.1) is 17.1 Å². The number of hydrogen-bond acceptors (Lipinski definition) is 6. The molecule has 1 fully saturated rings. The van der Waals surface area contributed by atoms with Crippen LogP contribution < -0.4 is 10.1 Å². The Balaban J connectivity index is 1.52. The molecule has 3 amide bonds. The Labute approximate surface area is 167 Å². The van der Waals surface area contributed by atoms with Gasteiger partial charge in [-0.15, -0.1) is 11.3 Å². The minimum absolute atomic E-state index is 0.0373. The summed E-state index contributed by atoms with van der Waals surface area (Å²) in [4.78, 5) is 31.6. The van der Waals surface area contributed by atoms with Gasteiger partial charge in [-0.05, 0) is 36.1 Å². The number of rotatable bonds is 6. The number of carbonyl (C=O) groups is 2. The van der Waals surface area contributed by atoms with Crippen LogP contribution in [0, 0.1) is 0 Å². The van der Waals surface area contributed by atoms with E-state index in [1.807, 2.05) is 17.5 Å². The number of nitrogens with one attached hydrogen (secondary N) is 1. The first kappa shape index (κ1) is 19.1. The van der Waals surface area contributed by atoms with E-state index in [0.29, 0.717) is 17.1 Å². The molecule has 1 N–H and O–H groups in total. The van der Waals surface area contributed by atoms with Gasteiger partial charge in [-0.2, -0.15) is 8.78 Å². The molecule has 1 unspecified atom stereocenters. The zero-order valence-electron chi connectivity index (χ0n) is 15.1. The fourth-order valence-electron chi connectivity index (χ4n) is 3.06. The molecule has 7 nitrogen and oxygen atoms in total. The first-order chi connectivity index (χ1) is 13.9. The highest BCUT2D eigenvalue weighted by Gasteiger charge is 2.49. The number of amides is 3. The van der Waals surface area contributed by atoms with E-state index in [4.69, 9.17) is 4.42 Å². The van der Waals surface area contributed by atoms with Gasteiger partial charge in [0.1, 0.15) is 17.6 Å². The largest absolute Gasteiger partial charge is 0.443 e. The summed E-state index contributed by atoms with van der Waals surface area (Å²) in [6, 6.07) is 8.71. The van der Waals surface area contributed by atoms with Crippen LogP contribution in [0.5, 0.6) is 5.75 Å². The van der Waals surface area contributed by atoms with Gasteiger partial charge in [0.25, 0.3) is 5.91 Å². The number of oxazole rings is 1. The van der Waals surface area contributed by atoms with E-state index in [-0.39, 0.29) is 12.3 Å². The first-order valence-corrected chi connectivity index (χ1v) is 9.42. The maximum absolute atomic E-state index is 13.0. The van der Waals surface area contributed by atoms with Crippen molar-refractivity contribution in [1.29, 1.82) is 0 Å². The number of ether oxygens (including phenoxy) is 1. The van der Waals surface area contributed by atoms with E-state index >= 15 is 0 Å². The highest BCUT2D eigenvalue weighted by Crippen LogP contribution is 2.31. The molecule has 1 aromatic carbocycles. The molecule has 10 heteroatoms. The van der Waals surface area contributed by atoms with Crippen LogP contribution in [-0.4, -0.2) is 28.4 Å². The molecule has 4 rings (SSSR count). The van der Waals surface area contributed by atoms with Crippen LogP contribution in [0.25, 0.3) is 10.8 Å². The number of nitrogens with zero attached hydrogens (tertiary/aromatic N) is 2. The monoisotopic (exact) mass is 419 g/mol. The summed E-state index contributed by atoms with van der Waals surface area (Å²) < 4.78 is 34.4.